The van der Waals surface area contributed by atoms with Crippen molar-refractivity contribution in [1.29, 1.82) is 0 Å². The third-order valence-electron chi connectivity index (χ3n) is 4.89. The third kappa shape index (κ3) is 4.23. The summed E-state index contributed by atoms with van der Waals surface area (Å²) in [7, 11) is 0. The van der Waals surface area contributed by atoms with Crippen LogP contribution in [0.3, 0.4) is 0 Å². The zero-order valence-corrected chi connectivity index (χ0v) is 17.1. The van der Waals surface area contributed by atoms with Crippen molar-refractivity contribution in [3.05, 3.63) is 89.5 Å². The molecule has 142 valence electrons. The lowest BCUT2D eigenvalue weighted by Crippen LogP contribution is -2.09. The molecule has 1 aromatic heterocycles. The molecule has 0 saturated heterocycles. The third-order valence-corrected chi connectivity index (χ3v) is 5.94. The van der Waals surface area contributed by atoms with E-state index in [0.29, 0.717) is 6.61 Å². The molecule has 4 heteroatoms. The quantitative estimate of drug-likeness (QED) is 0.362. The van der Waals surface area contributed by atoms with Crippen LogP contribution in [0.1, 0.15) is 16.7 Å². The van der Waals surface area contributed by atoms with Gasteiger partial charge in [0.2, 0.25) is 0 Å². The second-order valence-corrected chi connectivity index (χ2v) is 7.85. The number of nitrogens with zero attached hydrogens (tertiary/aromatic N) is 2. The highest BCUT2D eigenvalue weighted by Gasteiger charge is 2.11. The monoisotopic (exact) mass is 388 g/mol. The van der Waals surface area contributed by atoms with Crippen LogP contribution in [-0.2, 0) is 12.3 Å². The fourth-order valence-corrected chi connectivity index (χ4v) is 4.16. The van der Waals surface area contributed by atoms with E-state index in [-0.39, 0.29) is 0 Å². The number of aromatic nitrogens is 2. The number of imidazole rings is 1. The molecule has 28 heavy (non-hydrogen) atoms. The van der Waals surface area contributed by atoms with Crippen LogP contribution in [0.15, 0.2) is 78.0 Å². The minimum atomic E-state index is 0.613. The first-order chi connectivity index (χ1) is 13.7. The second-order valence-electron chi connectivity index (χ2n) is 6.90. The highest BCUT2D eigenvalue weighted by molar-refractivity contribution is 7.98. The van der Waals surface area contributed by atoms with E-state index < -0.39 is 0 Å². The Kier molecular flexibility index (Phi) is 5.68. The van der Waals surface area contributed by atoms with Crippen molar-refractivity contribution >= 4 is 22.8 Å². The molecule has 0 radical (unpaired) electrons. The average molecular weight is 389 g/mol. The maximum atomic E-state index is 6.02. The summed E-state index contributed by atoms with van der Waals surface area (Å²) in [6.07, 6.45) is 0. The Morgan fingerprint density at radius 3 is 2.50 bits per heavy atom. The van der Waals surface area contributed by atoms with E-state index in [2.05, 4.69) is 73.0 Å². The molecule has 0 aliphatic rings. The van der Waals surface area contributed by atoms with Crippen molar-refractivity contribution in [2.75, 3.05) is 6.61 Å². The summed E-state index contributed by atoms with van der Waals surface area (Å²) in [4.78, 5) is 4.85. The van der Waals surface area contributed by atoms with Crippen LogP contribution < -0.4 is 4.74 Å². The minimum absolute atomic E-state index is 0.613. The number of benzene rings is 3. The molecule has 4 rings (SSSR count). The first kappa shape index (κ1) is 18.6. The van der Waals surface area contributed by atoms with Crippen molar-refractivity contribution in [2.24, 2.45) is 0 Å². The SMILES string of the molecule is Cc1ccc(OCCn2c(SCc3ccccc3)nc3ccccc32)cc1C. The summed E-state index contributed by atoms with van der Waals surface area (Å²) in [5.41, 5.74) is 6.03. The maximum absolute atomic E-state index is 6.02. The minimum Gasteiger partial charge on any atom is -0.492 e. The Bertz CT molecular complexity index is 1070. The number of hydrogen-bond donors (Lipinski definition) is 0. The second kappa shape index (κ2) is 8.53. The zero-order valence-electron chi connectivity index (χ0n) is 16.3. The molecule has 0 saturated carbocycles. The van der Waals surface area contributed by atoms with Crippen LogP contribution in [0.4, 0.5) is 0 Å². The van der Waals surface area contributed by atoms with E-state index in [9.17, 15) is 0 Å². The Morgan fingerprint density at radius 1 is 0.893 bits per heavy atom. The molecule has 0 aliphatic carbocycles. The summed E-state index contributed by atoms with van der Waals surface area (Å²) in [5.74, 6) is 1.83. The van der Waals surface area contributed by atoms with Gasteiger partial charge in [0.15, 0.2) is 5.16 Å². The van der Waals surface area contributed by atoms with Gasteiger partial charge in [0, 0.05) is 5.75 Å². The predicted octanol–water partition coefficient (Wildman–Crippen LogP) is 6.02. The lowest BCUT2D eigenvalue weighted by atomic mass is 10.1. The van der Waals surface area contributed by atoms with Gasteiger partial charge in [-0.3, -0.25) is 0 Å². The molecule has 0 amide bonds. The van der Waals surface area contributed by atoms with E-state index in [1.54, 1.807) is 11.8 Å². The summed E-state index contributed by atoms with van der Waals surface area (Å²) in [5, 5.41) is 1.04. The van der Waals surface area contributed by atoms with Gasteiger partial charge in [-0.05, 0) is 54.8 Å². The fraction of sp³-hybridized carbons (Fsp3) is 0.208. The molecule has 0 bridgehead atoms. The molecule has 0 atom stereocenters. The normalized spacial score (nSPS) is 11.1. The topological polar surface area (TPSA) is 27.1 Å². The Balaban J connectivity index is 1.50. The predicted molar refractivity (Wildman–Crippen MR) is 117 cm³/mol. The van der Waals surface area contributed by atoms with Gasteiger partial charge < -0.3 is 9.30 Å². The molecule has 0 unspecified atom stereocenters. The Morgan fingerprint density at radius 2 is 1.68 bits per heavy atom. The molecule has 0 aliphatic heterocycles. The first-order valence-corrected chi connectivity index (χ1v) is 10.5. The van der Waals surface area contributed by atoms with Crippen molar-refractivity contribution in [3.63, 3.8) is 0 Å². The highest BCUT2D eigenvalue weighted by Crippen LogP contribution is 2.27. The lowest BCUT2D eigenvalue weighted by molar-refractivity contribution is 0.295. The summed E-state index contributed by atoms with van der Waals surface area (Å²) in [6.45, 7) is 5.61. The van der Waals surface area contributed by atoms with Crippen LogP contribution >= 0.6 is 11.8 Å². The van der Waals surface area contributed by atoms with Gasteiger partial charge in [0.25, 0.3) is 0 Å². The molecular weight excluding hydrogens is 364 g/mol. The van der Waals surface area contributed by atoms with E-state index in [0.717, 1.165) is 34.2 Å². The lowest BCUT2D eigenvalue weighted by Gasteiger charge is -2.11. The van der Waals surface area contributed by atoms with Crippen LogP contribution in [0.5, 0.6) is 5.75 Å². The number of para-hydroxylation sites is 2. The number of fused-ring (bicyclic) bond motifs is 1. The van der Waals surface area contributed by atoms with Crippen molar-refractivity contribution < 1.29 is 4.74 Å². The van der Waals surface area contributed by atoms with Gasteiger partial charge in [0.1, 0.15) is 12.4 Å². The molecule has 0 N–H and O–H groups in total. The molecule has 3 aromatic carbocycles. The molecule has 0 fully saturated rings. The van der Waals surface area contributed by atoms with E-state index in [1.807, 2.05) is 18.2 Å². The van der Waals surface area contributed by atoms with Crippen LogP contribution in [-0.4, -0.2) is 16.2 Å². The van der Waals surface area contributed by atoms with E-state index in [1.165, 1.54) is 16.7 Å². The first-order valence-electron chi connectivity index (χ1n) is 9.53. The fourth-order valence-electron chi connectivity index (χ4n) is 3.16. The van der Waals surface area contributed by atoms with Crippen LogP contribution in [0.25, 0.3) is 11.0 Å². The standard InChI is InChI=1S/C24H24N2OS/c1-18-12-13-21(16-19(18)2)27-15-14-26-23-11-7-6-10-22(23)25-24(26)28-17-20-8-4-3-5-9-20/h3-13,16H,14-15,17H2,1-2H3. The van der Waals surface area contributed by atoms with Gasteiger partial charge >= 0.3 is 0 Å². The van der Waals surface area contributed by atoms with Crippen LogP contribution in [0.2, 0.25) is 0 Å². The largest absolute Gasteiger partial charge is 0.492 e. The summed E-state index contributed by atoms with van der Waals surface area (Å²) < 4.78 is 8.29. The smallest absolute Gasteiger partial charge is 0.169 e. The Labute approximate surface area is 170 Å². The van der Waals surface area contributed by atoms with Crippen molar-refractivity contribution in [2.45, 2.75) is 31.3 Å². The molecule has 4 aromatic rings. The van der Waals surface area contributed by atoms with Gasteiger partial charge in [-0.1, -0.05) is 60.3 Å². The number of rotatable bonds is 7. The number of thioether (sulfide) groups is 1. The molecular formula is C24H24N2OS. The number of aryl methyl sites for hydroxylation is 2. The van der Waals surface area contributed by atoms with Gasteiger partial charge in [0.05, 0.1) is 17.6 Å². The van der Waals surface area contributed by atoms with Crippen molar-refractivity contribution in [3.8, 4) is 5.75 Å². The molecule has 3 nitrogen and oxygen atoms in total. The maximum Gasteiger partial charge on any atom is 0.169 e. The molecule has 1 heterocycles. The summed E-state index contributed by atoms with van der Waals surface area (Å²) in [6, 6.07) is 25.1. The Hall–Kier alpha value is -2.72. The van der Waals surface area contributed by atoms with Gasteiger partial charge in [-0.15, -0.1) is 0 Å². The molecule has 0 spiro atoms. The van der Waals surface area contributed by atoms with Crippen molar-refractivity contribution in [1.82, 2.24) is 9.55 Å². The van der Waals surface area contributed by atoms with Gasteiger partial charge in [-0.2, -0.15) is 0 Å². The average Bonchev–Trinajstić information content (AvgIpc) is 3.07. The zero-order chi connectivity index (χ0) is 19.3. The number of ether oxygens (including phenoxy) is 1. The highest BCUT2D eigenvalue weighted by atomic mass is 32.2. The van der Waals surface area contributed by atoms with E-state index in [4.69, 9.17) is 9.72 Å². The van der Waals surface area contributed by atoms with Gasteiger partial charge in [-0.25, -0.2) is 4.98 Å². The van der Waals surface area contributed by atoms with E-state index >= 15 is 0 Å². The number of hydrogen-bond acceptors (Lipinski definition) is 3. The van der Waals surface area contributed by atoms with Crippen LogP contribution in [0, 0.1) is 13.8 Å². The summed E-state index contributed by atoms with van der Waals surface area (Å²) >= 11 is 1.77.